The van der Waals surface area contributed by atoms with Crippen molar-refractivity contribution in [3.63, 3.8) is 0 Å². The first-order chi connectivity index (χ1) is 10.7. The Hall–Kier alpha value is -2.26. The van der Waals surface area contributed by atoms with E-state index in [1.165, 1.54) is 11.1 Å². The minimum absolute atomic E-state index is 0.0560. The molecule has 1 amide bonds. The summed E-state index contributed by atoms with van der Waals surface area (Å²) in [6.07, 6.45) is 1.92. The summed E-state index contributed by atoms with van der Waals surface area (Å²) in [6.45, 7) is 0. The number of furan rings is 1. The molecule has 0 fully saturated rings. The van der Waals surface area contributed by atoms with Crippen LogP contribution in [0.5, 0.6) is 0 Å². The number of hydrogen-bond acceptors (Lipinski definition) is 2. The molecule has 1 N–H and O–H groups in total. The molecule has 0 spiro atoms. The Morgan fingerprint density at radius 1 is 1.18 bits per heavy atom. The van der Waals surface area contributed by atoms with E-state index in [1.807, 2.05) is 12.1 Å². The summed E-state index contributed by atoms with van der Waals surface area (Å²) >= 11 is 5.96. The number of aryl methyl sites for hydroxylation is 1. The van der Waals surface area contributed by atoms with Crippen molar-refractivity contribution in [3.8, 4) is 0 Å². The zero-order chi connectivity index (χ0) is 15.1. The van der Waals surface area contributed by atoms with E-state index in [4.69, 9.17) is 16.0 Å². The molecule has 4 heteroatoms. The van der Waals surface area contributed by atoms with Crippen LogP contribution in [-0.4, -0.2) is 5.91 Å². The highest BCUT2D eigenvalue weighted by molar-refractivity contribution is 6.31. The second-order valence-corrected chi connectivity index (χ2v) is 5.99. The fourth-order valence-corrected chi connectivity index (χ4v) is 3.24. The Kier molecular flexibility index (Phi) is 3.16. The first kappa shape index (κ1) is 13.4. The number of carbonyl (C=O) groups excluding carboxylic acids is 1. The van der Waals surface area contributed by atoms with E-state index >= 15 is 0 Å². The van der Waals surface area contributed by atoms with Crippen LogP contribution >= 0.6 is 11.6 Å². The molecule has 0 radical (unpaired) electrons. The highest BCUT2D eigenvalue weighted by atomic mass is 35.5. The van der Waals surface area contributed by atoms with Gasteiger partial charge in [0.1, 0.15) is 5.58 Å². The number of carbonyl (C=O) groups is 1. The monoisotopic (exact) mass is 311 g/mol. The van der Waals surface area contributed by atoms with Gasteiger partial charge in [-0.3, -0.25) is 4.79 Å². The molecule has 110 valence electrons. The number of fused-ring (bicyclic) bond motifs is 2. The molecule has 0 aliphatic heterocycles. The maximum absolute atomic E-state index is 12.4. The van der Waals surface area contributed by atoms with Crippen molar-refractivity contribution in [1.82, 2.24) is 5.32 Å². The smallest absolute Gasteiger partial charge is 0.287 e. The summed E-state index contributed by atoms with van der Waals surface area (Å²) in [7, 11) is 0. The zero-order valence-corrected chi connectivity index (χ0v) is 12.6. The maximum atomic E-state index is 12.4. The molecule has 1 aliphatic rings. The van der Waals surface area contributed by atoms with E-state index < -0.39 is 0 Å². The van der Waals surface area contributed by atoms with E-state index in [2.05, 4.69) is 17.4 Å². The second-order valence-electron chi connectivity index (χ2n) is 5.56. The van der Waals surface area contributed by atoms with Gasteiger partial charge in [-0.05, 0) is 48.2 Å². The fourth-order valence-electron chi connectivity index (χ4n) is 3.06. The molecular formula is C18H14ClNO2. The quantitative estimate of drug-likeness (QED) is 0.757. The van der Waals surface area contributed by atoms with Crippen LogP contribution < -0.4 is 5.32 Å². The van der Waals surface area contributed by atoms with Crippen LogP contribution in [0.25, 0.3) is 11.0 Å². The largest absolute Gasteiger partial charge is 0.451 e. The Morgan fingerprint density at radius 3 is 2.95 bits per heavy atom. The number of hydrogen-bond donors (Lipinski definition) is 1. The fraction of sp³-hybridized carbons (Fsp3) is 0.167. The van der Waals surface area contributed by atoms with Crippen molar-refractivity contribution < 1.29 is 9.21 Å². The number of benzene rings is 2. The molecular weight excluding hydrogens is 298 g/mol. The van der Waals surface area contributed by atoms with Crippen LogP contribution in [0.15, 0.2) is 52.9 Å². The van der Waals surface area contributed by atoms with Crippen molar-refractivity contribution in [2.75, 3.05) is 0 Å². The predicted octanol–water partition coefficient (Wildman–Crippen LogP) is 4.50. The van der Waals surface area contributed by atoms with E-state index in [-0.39, 0.29) is 11.9 Å². The average Bonchev–Trinajstić information content (AvgIpc) is 3.11. The molecule has 0 saturated heterocycles. The predicted molar refractivity (Wildman–Crippen MR) is 86.2 cm³/mol. The van der Waals surface area contributed by atoms with Gasteiger partial charge in [0.05, 0.1) is 6.04 Å². The van der Waals surface area contributed by atoms with Gasteiger partial charge in [-0.2, -0.15) is 0 Å². The van der Waals surface area contributed by atoms with Crippen molar-refractivity contribution in [2.45, 2.75) is 18.9 Å². The van der Waals surface area contributed by atoms with Gasteiger partial charge >= 0.3 is 0 Å². The number of amides is 1. The van der Waals surface area contributed by atoms with Crippen LogP contribution in [0.3, 0.4) is 0 Å². The van der Waals surface area contributed by atoms with Gasteiger partial charge in [-0.1, -0.05) is 35.9 Å². The SMILES string of the molecule is O=C(NC1CCc2ccccc21)c1cc2cc(Cl)ccc2o1. The third kappa shape index (κ3) is 2.28. The van der Waals surface area contributed by atoms with Crippen LogP contribution in [-0.2, 0) is 6.42 Å². The molecule has 4 rings (SSSR count). The lowest BCUT2D eigenvalue weighted by molar-refractivity contribution is 0.0911. The topological polar surface area (TPSA) is 42.2 Å². The van der Waals surface area contributed by atoms with Crippen molar-refractivity contribution in [3.05, 3.63) is 70.4 Å². The summed E-state index contributed by atoms with van der Waals surface area (Å²) in [5.41, 5.74) is 3.18. The molecule has 1 aliphatic carbocycles. The lowest BCUT2D eigenvalue weighted by Gasteiger charge is -2.12. The van der Waals surface area contributed by atoms with Gasteiger partial charge in [0.2, 0.25) is 0 Å². The van der Waals surface area contributed by atoms with E-state index in [1.54, 1.807) is 24.3 Å². The highest BCUT2D eigenvalue weighted by Gasteiger charge is 2.25. The molecule has 1 atom stereocenters. The summed E-state index contributed by atoms with van der Waals surface area (Å²) in [6, 6.07) is 15.3. The third-order valence-electron chi connectivity index (χ3n) is 4.14. The Labute approximate surface area is 132 Å². The van der Waals surface area contributed by atoms with E-state index in [0.717, 1.165) is 18.2 Å². The Bertz CT molecular complexity index is 868. The lowest BCUT2D eigenvalue weighted by Crippen LogP contribution is -2.26. The van der Waals surface area contributed by atoms with E-state index in [9.17, 15) is 4.79 Å². The summed E-state index contributed by atoms with van der Waals surface area (Å²) in [4.78, 5) is 12.4. The zero-order valence-electron chi connectivity index (χ0n) is 11.8. The molecule has 1 heterocycles. The molecule has 3 aromatic rings. The number of rotatable bonds is 2. The van der Waals surface area contributed by atoms with Crippen molar-refractivity contribution >= 4 is 28.5 Å². The first-order valence-electron chi connectivity index (χ1n) is 7.28. The molecule has 0 bridgehead atoms. The van der Waals surface area contributed by atoms with Gasteiger partial charge in [0, 0.05) is 10.4 Å². The van der Waals surface area contributed by atoms with Gasteiger partial charge in [-0.15, -0.1) is 0 Å². The molecule has 1 unspecified atom stereocenters. The molecule has 22 heavy (non-hydrogen) atoms. The summed E-state index contributed by atoms with van der Waals surface area (Å²) < 4.78 is 5.61. The van der Waals surface area contributed by atoms with Gasteiger partial charge in [-0.25, -0.2) is 0 Å². The van der Waals surface area contributed by atoms with Crippen LogP contribution in [0.4, 0.5) is 0 Å². The average molecular weight is 312 g/mol. The van der Waals surface area contributed by atoms with Crippen molar-refractivity contribution in [2.24, 2.45) is 0 Å². The standard InChI is InChI=1S/C18H14ClNO2/c19-13-6-8-16-12(9-13)10-17(22-16)18(21)20-15-7-5-11-3-1-2-4-14(11)15/h1-4,6,8-10,15H,5,7H2,(H,20,21). The first-order valence-corrected chi connectivity index (χ1v) is 7.66. The molecule has 1 aromatic heterocycles. The molecule has 2 aromatic carbocycles. The summed E-state index contributed by atoms with van der Waals surface area (Å²) in [5, 5.41) is 4.53. The van der Waals surface area contributed by atoms with Crippen LogP contribution in [0.1, 0.15) is 34.1 Å². The Balaban J connectivity index is 1.59. The second kappa shape index (κ2) is 5.18. The van der Waals surface area contributed by atoms with Gasteiger partial charge in [0.25, 0.3) is 5.91 Å². The van der Waals surface area contributed by atoms with E-state index in [0.29, 0.717) is 16.4 Å². The third-order valence-corrected chi connectivity index (χ3v) is 4.38. The van der Waals surface area contributed by atoms with Gasteiger partial charge in [0.15, 0.2) is 5.76 Å². The maximum Gasteiger partial charge on any atom is 0.287 e. The molecule has 0 saturated carbocycles. The highest BCUT2D eigenvalue weighted by Crippen LogP contribution is 2.31. The minimum atomic E-state index is -0.186. The summed E-state index contributed by atoms with van der Waals surface area (Å²) in [5.74, 6) is 0.135. The lowest BCUT2D eigenvalue weighted by atomic mass is 10.1. The van der Waals surface area contributed by atoms with Crippen molar-refractivity contribution in [1.29, 1.82) is 0 Å². The normalized spacial score (nSPS) is 16.7. The number of halogens is 1. The Morgan fingerprint density at radius 2 is 2.05 bits per heavy atom. The minimum Gasteiger partial charge on any atom is -0.451 e. The number of nitrogens with one attached hydrogen (secondary N) is 1. The van der Waals surface area contributed by atoms with Crippen LogP contribution in [0, 0.1) is 0 Å². The molecule has 3 nitrogen and oxygen atoms in total. The van der Waals surface area contributed by atoms with Crippen LogP contribution in [0.2, 0.25) is 5.02 Å². The van der Waals surface area contributed by atoms with Gasteiger partial charge < -0.3 is 9.73 Å².